The average molecular weight is 282 g/mol. The van der Waals surface area contributed by atoms with Crippen molar-refractivity contribution in [2.45, 2.75) is 19.4 Å². The monoisotopic (exact) mass is 282 g/mol. The highest BCUT2D eigenvalue weighted by Gasteiger charge is 2.16. The summed E-state index contributed by atoms with van der Waals surface area (Å²) in [4.78, 5) is 2.41. The van der Waals surface area contributed by atoms with Crippen molar-refractivity contribution in [1.82, 2.24) is 5.32 Å². The van der Waals surface area contributed by atoms with Crippen molar-refractivity contribution >= 4 is 5.69 Å². The quantitative estimate of drug-likeness (QED) is 0.929. The molecule has 0 spiro atoms. The molecule has 0 aromatic heterocycles. The lowest BCUT2D eigenvalue weighted by Gasteiger charge is -2.24. The number of nitrogens with zero attached hydrogens (tertiary/aromatic N) is 1. The van der Waals surface area contributed by atoms with Crippen LogP contribution in [0.15, 0.2) is 54.6 Å². The van der Waals surface area contributed by atoms with Gasteiger partial charge in [-0.15, -0.1) is 0 Å². The zero-order valence-corrected chi connectivity index (χ0v) is 12.5. The van der Waals surface area contributed by atoms with Crippen molar-refractivity contribution in [3.63, 3.8) is 0 Å². The highest BCUT2D eigenvalue weighted by atomic mass is 16.5. The molecule has 3 heteroatoms. The fraction of sp³-hybridized carbons (Fsp3) is 0.333. The van der Waals surface area contributed by atoms with Gasteiger partial charge in [-0.2, -0.15) is 0 Å². The molecular weight excluding hydrogens is 260 g/mol. The molecule has 3 rings (SSSR count). The maximum atomic E-state index is 6.07. The standard InChI is InChI=1S/C18H22N2O/c1-15-11-13-20(14-12-19-15)17-9-5-6-10-18(17)21-16-7-3-2-4-8-16/h2-10,15,19H,11-14H2,1H3. The predicted octanol–water partition coefficient (Wildman–Crippen LogP) is 3.67. The van der Waals surface area contributed by atoms with E-state index in [-0.39, 0.29) is 0 Å². The van der Waals surface area contributed by atoms with Gasteiger partial charge in [0.15, 0.2) is 5.75 Å². The minimum atomic E-state index is 0.581. The molecule has 110 valence electrons. The molecule has 0 aliphatic carbocycles. The lowest BCUT2D eigenvalue weighted by molar-refractivity contribution is 0.481. The summed E-state index contributed by atoms with van der Waals surface area (Å²) >= 11 is 0. The number of ether oxygens (including phenoxy) is 1. The zero-order chi connectivity index (χ0) is 14.5. The molecule has 21 heavy (non-hydrogen) atoms. The molecule has 1 aliphatic rings. The Morgan fingerprint density at radius 2 is 1.76 bits per heavy atom. The highest BCUT2D eigenvalue weighted by Crippen LogP contribution is 2.32. The molecule has 3 nitrogen and oxygen atoms in total. The van der Waals surface area contributed by atoms with Crippen LogP contribution < -0.4 is 15.0 Å². The number of nitrogens with one attached hydrogen (secondary N) is 1. The summed E-state index contributed by atoms with van der Waals surface area (Å²) in [6.45, 7) is 5.33. The molecule has 1 heterocycles. The molecule has 1 atom stereocenters. The number of rotatable bonds is 3. The maximum Gasteiger partial charge on any atom is 0.150 e. The van der Waals surface area contributed by atoms with Crippen LogP contribution >= 0.6 is 0 Å². The number of para-hydroxylation sites is 3. The Labute approximate surface area is 126 Å². The van der Waals surface area contributed by atoms with Crippen molar-refractivity contribution < 1.29 is 4.74 Å². The van der Waals surface area contributed by atoms with Gasteiger partial charge in [0, 0.05) is 25.7 Å². The van der Waals surface area contributed by atoms with Crippen LogP contribution in [0, 0.1) is 0 Å². The predicted molar refractivity (Wildman–Crippen MR) is 87.3 cm³/mol. The first-order valence-corrected chi connectivity index (χ1v) is 7.63. The zero-order valence-electron chi connectivity index (χ0n) is 12.5. The van der Waals surface area contributed by atoms with Crippen molar-refractivity contribution in [3.8, 4) is 11.5 Å². The van der Waals surface area contributed by atoms with Gasteiger partial charge in [-0.25, -0.2) is 0 Å². The van der Waals surface area contributed by atoms with Gasteiger partial charge in [-0.05, 0) is 37.6 Å². The Balaban J connectivity index is 1.82. The van der Waals surface area contributed by atoms with E-state index in [2.05, 4.69) is 29.3 Å². The summed E-state index contributed by atoms with van der Waals surface area (Å²) < 4.78 is 6.07. The topological polar surface area (TPSA) is 24.5 Å². The second-order valence-corrected chi connectivity index (χ2v) is 5.51. The van der Waals surface area contributed by atoms with Crippen LogP contribution in [0.1, 0.15) is 13.3 Å². The first kappa shape index (κ1) is 14.0. The van der Waals surface area contributed by atoms with E-state index in [1.807, 2.05) is 42.5 Å². The molecule has 0 amide bonds. The summed E-state index contributed by atoms with van der Waals surface area (Å²) in [7, 11) is 0. The smallest absolute Gasteiger partial charge is 0.150 e. The SMILES string of the molecule is CC1CCN(c2ccccc2Oc2ccccc2)CCN1. The van der Waals surface area contributed by atoms with Gasteiger partial charge < -0.3 is 15.0 Å². The van der Waals surface area contributed by atoms with Gasteiger partial charge >= 0.3 is 0 Å². The van der Waals surface area contributed by atoms with Crippen LogP contribution in [0.3, 0.4) is 0 Å². The lowest BCUT2D eigenvalue weighted by Crippen LogP contribution is -2.29. The second kappa shape index (κ2) is 6.64. The summed E-state index contributed by atoms with van der Waals surface area (Å²) in [5.41, 5.74) is 1.18. The average Bonchev–Trinajstić information content (AvgIpc) is 2.74. The third-order valence-corrected chi connectivity index (χ3v) is 3.88. The van der Waals surface area contributed by atoms with Crippen LogP contribution in [0.2, 0.25) is 0 Å². The van der Waals surface area contributed by atoms with Crippen molar-refractivity contribution in [2.24, 2.45) is 0 Å². The number of benzene rings is 2. The van der Waals surface area contributed by atoms with Gasteiger partial charge in [0.1, 0.15) is 5.75 Å². The van der Waals surface area contributed by atoms with Crippen LogP contribution in [0.5, 0.6) is 11.5 Å². The van der Waals surface area contributed by atoms with Gasteiger partial charge in [0.05, 0.1) is 5.69 Å². The van der Waals surface area contributed by atoms with E-state index >= 15 is 0 Å². The van der Waals surface area contributed by atoms with Crippen molar-refractivity contribution in [1.29, 1.82) is 0 Å². The fourth-order valence-corrected chi connectivity index (χ4v) is 2.67. The van der Waals surface area contributed by atoms with Crippen LogP contribution in [-0.2, 0) is 0 Å². The summed E-state index contributed by atoms with van der Waals surface area (Å²) in [5.74, 6) is 1.81. The molecule has 1 fully saturated rings. The Kier molecular flexibility index (Phi) is 4.41. The fourth-order valence-electron chi connectivity index (χ4n) is 2.67. The van der Waals surface area contributed by atoms with Crippen LogP contribution in [0.4, 0.5) is 5.69 Å². The van der Waals surface area contributed by atoms with E-state index in [1.165, 1.54) is 5.69 Å². The van der Waals surface area contributed by atoms with Crippen LogP contribution in [-0.4, -0.2) is 25.7 Å². The van der Waals surface area contributed by atoms with Crippen LogP contribution in [0.25, 0.3) is 0 Å². The van der Waals surface area contributed by atoms with Crippen molar-refractivity contribution in [3.05, 3.63) is 54.6 Å². The minimum absolute atomic E-state index is 0.581. The summed E-state index contributed by atoms with van der Waals surface area (Å²) in [6.07, 6.45) is 1.15. The molecule has 1 saturated heterocycles. The second-order valence-electron chi connectivity index (χ2n) is 5.51. The number of hydrogen-bond donors (Lipinski definition) is 1. The van der Waals surface area contributed by atoms with Gasteiger partial charge in [-0.1, -0.05) is 30.3 Å². The normalized spacial score (nSPS) is 19.1. The van der Waals surface area contributed by atoms with E-state index in [1.54, 1.807) is 0 Å². The Morgan fingerprint density at radius 3 is 2.62 bits per heavy atom. The first-order valence-electron chi connectivity index (χ1n) is 7.63. The molecule has 0 saturated carbocycles. The maximum absolute atomic E-state index is 6.07. The van der Waals surface area contributed by atoms with E-state index < -0.39 is 0 Å². The molecule has 0 bridgehead atoms. The number of hydrogen-bond acceptors (Lipinski definition) is 3. The molecule has 0 radical (unpaired) electrons. The molecule has 1 aliphatic heterocycles. The van der Waals surface area contributed by atoms with E-state index in [0.29, 0.717) is 6.04 Å². The first-order chi connectivity index (χ1) is 10.3. The third kappa shape index (κ3) is 3.56. The van der Waals surface area contributed by atoms with Crippen molar-refractivity contribution in [2.75, 3.05) is 24.5 Å². The minimum Gasteiger partial charge on any atom is -0.455 e. The Morgan fingerprint density at radius 1 is 1.00 bits per heavy atom. The highest BCUT2D eigenvalue weighted by molar-refractivity contribution is 5.59. The van der Waals surface area contributed by atoms with E-state index in [0.717, 1.165) is 37.6 Å². The lowest BCUT2D eigenvalue weighted by atomic mass is 10.2. The molecular formula is C18H22N2O. The van der Waals surface area contributed by atoms with Gasteiger partial charge in [0.25, 0.3) is 0 Å². The summed E-state index contributed by atoms with van der Waals surface area (Å²) in [6, 6.07) is 18.8. The van der Waals surface area contributed by atoms with Gasteiger partial charge in [-0.3, -0.25) is 0 Å². The van der Waals surface area contributed by atoms with E-state index in [4.69, 9.17) is 4.74 Å². The molecule has 2 aromatic rings. The largest absolute Gasteiger partial charge is 0.455 e. The Bertz CT molecular complexity index is 570. The number of anilines is 1. The molecule has 2 aromatic carbocycles. The molecule has 1 unspecified atom stereocenters. The molecule has 1 N–H and O–H groups in total. The van der Waals surface area contributed by atoms with E-state index in [9.17, 15) is 0 Å². The summed E-state index contributed by atoms with van der Waals surface area (Å²) in [5, 5.41) is 3.53. The van der Waals surface area contributed by atoms with Gasteiger partial charge in [0.2, 0.25) is 0 Å². The third-order valence-electron chi connectivity index (χ3n) is 3.88. The Hall–Kier alpha value is -2.00.